The van der Waals surface area contributed by atoms with Crippen LogP contribution in [-0.4, -0.2) is 31.2 Å². The highest BCUT2D eigenvalue weighted by molar-refractivity contribution is 5.88. The van der Waals surface area contributed by atoms with Gasteiger partial charge in [0.15, 0.2) is 0 Å². The van der Waals surface area contributed by atoms with E-state index in [0.29, 0.717) is 0 Å². The lowest BCUT2D eigenvalue weighted by Crippen LogP contribution is -2.43. The highest BCUT2D eigenvalue weighted by Gasteiger charge is 2.15. The van der Waals surface area contributed by atoms with E-state index in [2.05, 4.69) is 15.8 Å². The third-order valence-electron chi connectivity index (χ3n) is 3.72. The van der Waals surface area contributed by atoms with Gasteiger partial charge in [-0.05, 0) is 36.3 Å². The van der Waals surface area contributed by atoms with Crippen molar-refractivity contribution in [2.75, 3.05) is 7.11 Å². The summed E-state index contributed by atoms with van der Waals surface area (Å²) in [5.41, 5.74) is 4.28. The molecule has 0 heterocycles. The Kier molecular flexibility index (Phi) is 7.78. The van der Waals surface area contributed by atoms with Crippen LogP contribution in [0.1, 0.15) is 18.1 Å². The molecule has 0 aliphatic heterocycles. The summed E-state index contributed by atoms with van der Waals surface area (Å²) in [4.78, 5) is 24.0. The van der Waals surface area contributed by atoms with Crippen molar-refractivity contribution >= 4 is 24.1 Å². The van der Waals surface area contributed by atoms with Crippen molar-refractivity contribution in [3.8, 4) is 5.75 Å². The Hall–Kier alpha value is -3.41. The van der Waals surface area contributed by atoms with Gasteiger partial charge in [0.1, 0.15) is 11.8 Å². The van der Waals surface area contributed by atoms with Gasteiger partial charge >= 0.3 is 0 Å². The van der Waals surface area contributed by atoms with Gasteiger partial charge in [0.25, 0.3) is 5.91 Å². The van der Waals surface area contributed by atoms with E-state index in [1.165, 1.54) is 6.21 Å². The van der Waals surface area contributed by atoms with Crippen molar-refractivity contribution in [2.45, 2.75) is 19.4 Å². The summed E-state index contributed by atoms with van der Waals surface area (Å²) in [7, 11) is 1.59. The highest BCUT2D eigenvalue weighted by Crippen LogP contribution is 2.11. The summed E-state index contributed by atoms with van der Waals surface area (Å²) < 4.78 is 5.08. The molecule has 0 aliphatic rings. The number of allylic oxidation sites excluding steroid dienone is 1. The lowest BCUT2D eigenvalue weighted by Gasteiger charge is -2.12. The number of carbonyl (C=O) groups is 2. The van der Waals surface area contributed by atoms with Crippen LogP contribution in [-0.2, 0) is 16.0 Å². The second kappa shape index (κ2) is 10.6. The Bertz CT molecular complexity index is 799. The standard InChI is InChI=1S/C21H23N3O3/c1-16(23-20(25)15-18-10-12-19(27-2)13-11-18)21(26)24-22-14-6-9-17-7-4-3-5-8-17/h3-14,16H,15H2,1-2H3,(H,23,25)(H,24,26). The first-order chi connectivity index (χ1) is 13.1. The molecule has 0 radical (unpaired) electrons. The molecule has 2 amide bonds. The van der Waals surface area contributed by atoms with Crippen LogP contribution in [0.25, 0.3) is 6.08 Å². The van der Waals surface area contributed by atoms with Crippen LogP contribution < -0.4 is 15.5 Å². The highest BCUT2D eigenvalue weighted by atomic mass is 16.5. The maximum atomic E-state index is 12.0. The average Bonchev–Trinajstić information content (AvgIpc) is 2.68. The number of hydrogen-bond acceptors (Lipinski definition) is 4. The molecule has 0 aromatic heterocycles. The number of methoxy groups -OCH3 is 1. The zero-order valence-electron chi connectivity index (χ0n) is 15.4. The molecule has 0 bridgehead atoms. The van der Waals surface area contributed by atoms with Gasteiger partial charge in [0.05, 0.1) is 13.5 Å². The SMILES string of the molecule is COc1ccc(CC(=O)NC(C)C(=O)NN=CC=Cc2ccccc2)cc1. The summed E-state index contributed by atoms with van der Waals surface area (Å²) in [6.45, 7) is 1.61. The molecule has 0 aliphatic carbocycles. The quantitative estimate of drug-likeness (QED) is 0.557. The number of nitrogens with one attached hydrogen (secondary N) is 2. The number of ether oxygens (including phenoxy) is 1. The molecule has 2 aromatic carbocycles. The van der Waals surface area contributed by atoms with Crippen LogP contribution in [0.3, 0.4) is 0 Å². The zero-order valence-corrected chi connectivity index (χ0v) is 15.4. The summed E-state index contributed by atoms with van der Waals surface area (Å²) >= 11 is 0. The largest absolute Gasteiger partial charge is 0.497 e. The Labute approximate surface area is 158 Å². The van der Waals surface area contributed by atoms with Crippen LogP contribution in [0.4, 0.5) is 0 Å². The molecular weight excluding hydrogens is 342 g/mol. The zero-order chi connectivity index (χ0) is 19.5. The first kappa shape index (κ1) is 19.9. The number of amides is 2. The molecule has 0 spiro atoms. The molecule has 2 rings (SSSR count). The first-order valence-corrected chi connectivity index (χ1v) is 8.55. The Balaban J connectivity index is 1.74. The topological polar surface area (TPSA) is 79.8 Å². The van der Waals surface area contributed by atoms with Crippen molar-refractivity contribution in [3.63, 3.8) is 0 Å². The molecule has 140 valence electrons. The molecule has 2 N–H and O–H groups in total. The normalized spacial score (nSPS) is 12.1. The third-order valence-corrected chi connectivity index (χ3v) is 3.72. The molecule has 0 saturated heterocycles. The Morgan fingerprint density at radius 1 is 1.11 bits per heavy atom. The fraction of sp³-hybridized carbons (Fsp3) is 0.190. The number of rotatable bonds is 8. The molecular formula is C21H23N3O3. The van der Waals surface area contributed by atoms with Gasteiger partial charge in [-0.1, -0.05) is 48.5 Å². The summed E-state index contributed by atoms with van der Waals surface area (Å²) in [5, 5.41) is 6.49. The minimum atomic E-state index is -0.689. The van der Waals surface area contributed by atoms with Crippen LogP contribution >= 0.6 is 0 Å². The van der Waals surface area contributed by atoms with Crippen molar-refractivity contribution in [2.24, 2.45) is 5.10 Å². The molecule has 27 heavy (non-hydrogen) atoms. The second-order valence-corrected chi connectivity index (χ2v) is 5.84. The van der Waals surface area contributed by atoms with Gasteiger partial charge in [-0.3, -0.25) is 9.59 Å². The van der Waals surface area contributed by atoms with Crippen molar-refractivity contribution < 1.29 is 14.3 Å². The van der Waals surface area contributed by atoms with E-state index in [9.17, 15) is 9.59 Å². The molecule has 0 saturated carbocycles. The van der Waals surface area contributed by atoms with Gasteiger partial charge in [0, 0.05) is 6.21 Å². The third kappa shape index (κ3) is 7.15. The molecule has 1 unspecified atom stereocenters. The molecule has 6 nitrogen and oxygen atoms in total. The molecule has 0 fully saturated rings. The van der Waals surface area contributed by atoms with Gasteiger partial charge in [-0.25, -0.2) is 5.43 Å². The average molecular weight is 365 g/mol. The van der Waals surface area contributed by atoms with Crippen LogP contribution in [0, 0.1) is 0 Å². The van der Waals surface area contributed by atoms with E-state index in [4.69, 9.17) is 4.74 Å². The maximum Gasteiger partial charge on any atom is 0.262 e. The lowest BCUT2D eigenvalue weighted by atomic mass is 10.1. The van der Waals surface area contributed by atoms with Crippen molar-refractivity contribution in [1.29, 1.82) is 0 Å². The monoisotopic (exact) mass is 365 g/mol. The minimum absolute atomic E-state index is 0.185. The van der Waals surface area contributed by atoms with Crippen LogP contribution in [0.2, 0.25) is 0 Å². The summed E-state index contributed by atoms with van der Waals surface area (Å²) in [6.07, 6.45) is 5.26. The van der Waals surface area contributed by atoms with Crippen LogP contribution in [0.15, 0.2) is 65.8 Å². The summed E-state index contributed by atoms with van der Waals surface area (Å²) in [6, 6.07) is 16.3. The molecule has 6 heteroatoms. The number of nitrogens with zero attached hydrogens (tertiary/aromatic N) is 1. The van der Waals surface area contributed by atoms with Gasteiger partial charge in [-0.15, -0.1) is 0 Å². The van der Waals surface area contributed by atoms with E-state index >= 15 is 0 Å². The van der Waals surface area contributed by atoms with Crippen LogP contribution in [0.5, 0.6) is 5.75 Å². The van der Waals surface area contributed by atoms with E-state index < -0.39 is 6.04 Å². The minimum Gasteiger partial charge on any atom is -0.497 e. The number of hydrogen-bond donors (Lipinski definition) is 2. The van der Waals surface area contributed by atoms with E-state index in [1.54, 1.807) is 32.2 Å². The van der Waals surface area contributed by atoms with Crippen molar-refractivity contribution in [1.82, 2.24) is 10.7 Å². The van der Waals surface area contributed by atoms with Gasteiger partial charge in [0.2, 0.25) is 5.91 Å². The molecule has 2 aromatic rings. The van der Waals surface area contributed by atoms with Gasteiger partial charge < -0.3 is 10.1 Å². The smallest absolute Gasteiger partial charge is 0.262 e. The fourth-order valence-corrected chi connectivity index (χ4v) is 2.25. The number of hydrazone groups is 1. The Morgan fingerprint density at radius 3 is 2.48 bits per heavy atom. The lowest BCUT2D eigenvalue weighted by molar-refractivity contribution is -0.128. The van der Waals surface area contributed by atoms with E-state index in [0.717, 1.165) is 16.9 Å². The fourth-order valence-electron chi connectivity index (χ4n) is 2.25. The predicted octanol–water partition coefficient (Wildman–Crippen LogP) is 2.56. The first-order valence-electron chi connectivity index (χ1n) is 8.55. The van der Waals surface area contributed by atoms with E-state index in [1.807, 2.05) is 48.5 Å². The second-order valence-electron chi connectivity index (χ2n) is 5.84. The summed E-state index contributed by atoms with van der Waals surface area (Å²) in [5.74, 6) is 0.101. The predicted molar refractivity (Wildman–Crippen MR) is 106 cm³/mol. The van der Waals surface area contributed by atoms with Gasteiger partial charge in [-0.2, -0.15) is 5.10 Å². The Morgan fingerprint density at radius 2 is 1.81 bits per heavy atom. The van der Waals surface area contributed by atoms with E-state index in [-0.39, 0.29) is 18.2 Å². The maximum absolute atomic E-state index is 12.0. The molecule has 1 atom stereocenters. The van der Waals surface area contributed by atoms with Crippen molar-refractivity contribution in [3.05, 3.63) is 71.8 Å². The number of carbonyl (C=O) groups excluding carboxylic acids is 2. The number of benzene rings is 2.